The van der Waals surface area contributed by atoms with Crippen molar-refractivity contribution in [2.24, 2.45) is 5.73 Å². The molecule has 15 heavy (non-hydrogen) atoms. The second-order valence-corrected chi connectivity index (χ2v) is 5.02. The van der Waals surface area contributed by atoms with E-state index in [-0.39, 0.29) is 0 Å². The Bertz CT molecular complexity index is 414. The van der Waals surface area contributed by atoms with Crippen molar-refractivity contribution in [2.45, 2.75) is 16.6 Å². The Hall–Kier alpha value is -0.910. The van der Waals surface area contributed by atoms with E-state index in [0.717, 1.165) is 10.1 Å². The van der Waals surface area contributed by atoms with E-state index in [1.807, 2.05) is 12.1 Å². The fourth-order valence-corrected chi connectivity index (χ4v) is 2.60. The van der Waals surface area contributed by atoms with Gasteiger partial charge in [0.2, 0.25) is 0 Å². The van der Waals surface area contributed by atoms with Crippen LogP contribution in [0.1, 0.15) is 11.1 Å². The molecule has 0 spiro atoms. The third-order valence-electron chi connectivity index (χ3n) is 1.93. The van der Waals surface area contributed by atoms with Crippen molar-refractivity contribution in [1.82, 2.24) is 9.36 Å². The van der Waals surface area contributed by atoms with Gasteiger partial charge in [-0.3, -0.25) is 0 Å². The van der Waals surface area contributed by atoms with Crippen LogP contribution in [-0.2, 0) is 12.3 Å². The van der Waals surface area contributed by atoms with Gasteiger partial charge < -0.3 is 5.73 Å². The first-order valence-electron chi connectivity index (χ1n) is 4.56. The normalized spacial score (nSPS) is 10.5. The third-order valence-corrected chi connectivity index (χ3v) is 3.80. The Morgan fingerprint density at radius 3 is 2.93 bits per heavy atom. The first-order chi connectivity index (χ1) is 7.38. The van der Waals surface area contributed by atoms with Crippen LogP contribution in [0.25, 0.3) is 0 Å². The van der Waals surface area contributed by atoms with Crippen molar-refractivity contribution >= 4 is 23.3 Å². The SMILES string of the molecule is NCc1cccc(CSc2ncns2)c1. The van der Waals surface area contributed by atoms with Crippen LogP contribution < -0.4 is 5.73 Å². The van der Waals surface area contributed by atoms with Crippen LogP contribution in [0.4, 0.5) is 0 Å². The van der Waals surface area contributed by atoms with E-state index in [2.05, 4.69) is 21.5 Å². The van der Waals surface area contributed by atoms with E-state index in [4.69, 9.17) is 5.73 Å². The number of nitrogens with zero attached hydrogens (tertiary/aromatic N) is 2. The fraction of sp³-hybridized carbons (Fsp3) is 0.200. The van der Waals surface area contributed by atoms with Crippen molar-refractivity contribution in [1.29, 1.82) is 0 Å². The topological polar surface area (TPSA) is 51.8 Å². The first kappa shape index (κ1) is 10.6. The lowest BCUT2D eigenvalue weighted by atomic mass is 10.1. The van der Waals surface area contributed by atoms with Gasteiger partial charge in [-0.1, -0.05) is 36.0 Å². The standard InChI is InChI=1S/C10H11N3S2/c11-5-8-2-1-3-9(4-8)6-14-10-12-7-13-15-10/h1-4,7H,5-6,11H2. The molecule has 0 unspecified atom stereocenters. The summed E-state index contributed by atoms with van der Waals surface area (Å²) in [5.74, 6) is 0.920. The number of nitrogens with two attached hydrogens (primary N) is 1. The van der Waals surface area contributed by atoms with E-state index in [0.29, 0.717) is 6.54 Å². The molecule has 0 fully saturated rings. The monoisotopic (exact) mass is 237 g/mol. The van der Waals surface area contributed by atoms with Gasteiger partial charge in [-0.15, -0.1) is 0 Å². The summed E-state index contributed by atoms with van der Waals surface area (Å²) in [5.41, 5.74) is 8.03. The molecule has 0 aliphatic rings. The summed E-state index contributed by atoms with van der Waals surface area (Å²) in [7, 11) is 0. The minimum absolute atomic E-state index is 0.595. The Labute approximate surface area is 96.9 Å². The maximum absolute atomic E-state index is 5.58. The lowest BCUT2D eigenvalue weighted by molar-refractivity contribution is 1.06. The van der Waals surface area contributed by atoms with E-state index in [1.165, 1.54) is 22.7 Å². The molecular weight excluding hydrogens is 226 g/mol. The zero-order valence-corrected chi connectivity index (χ0v) is 9.72. The molecule has 78 valence electrons. The summed E-state index contributed by atoms with van der Waals surface area (Å²) < 4.78 is 4.97. The minimum atomic E-state index is 0.595. The van der Waals surface area contributed by atoms with Crippen LogP contribution in [0.3, 0.4) is 0 Å². The van der Waals surface area contributed by atoms with Gasteiger partial charge in [-0.25, -0.2) is 4.98 Å². The van der Waals surface area contributed by atoms with Crippen molar-refractivity contribution in [3.63, 3.8) is 0 Å². The largest absolute Gasteiger partial charge is 0.326 e. The van der Waals surface area contributed by atoms with Crippen molar-refractivity contribution in [2.75, 3.05) is 0 Å². The van der Waals surface area contributed by atoms with Gasteiger partial charge in [-0.05, 0) is 22.7 Å². The molecule has 1 heterocycles. The molecular formula is C10H11N3S2. The van der Waals surface area contributed by atoms with Crippen molar-refractivity contribution in [3.8, 4) is 0 Å². The summed E-state index contributed by atoms with van der Waals surface area (Å²) in [6, 6.07) is 8.32. The quantitative estimate of drug-likeness (QED) is 0.829. The molecule has 2 N–H and O–H groups in total. The van der Waals surface area contributed by atoms with E-state index >= 15 is 0 Å². The molecule has 5 heteroatoms. The summed E-state index contributed by atoms with van der Waals surface area (Å²) in [5, 5.41) is 0. The lowest BCUT2D eigenvalue weighted by Gasteiger charge is -2.01. The predicted molar refractivity (Wildman–Crippen MR) is 63.8 cm³/mol. The van der Waals surface area contributed by atoms with Crippen LogP contribution in [0.5, 0.6) is 0 Å². The highest BCUT2D eigenvalue weighted by molar-refractivity contribution is 8.00. The van der Waals surface area contributed by atoms with Gasteiger partial charge in [0.15, 0.2) is 4.34 Å². The summed E-state index contributed by atoms with van der Waals surface area (Å²) in [4.78, 5) is 4.12. The maximum atomic E-state index is 5.58. The summed E-state index contributed by atoms with van der Waals surface area (Å²) >= 11 is 3.13. The van der Waals surface area contributed by atoms with Gasteiger partial charge in [0, 0.05) is 12.3 Å². The average Bonchev–Trinajstić information content (AvgIpc) is 2.79. The Kier molecular flexibility index (Phi) is 3.71. The van der Waals surface area contributed by atoms with Crippen LogP contribution in [0.15, 0.2) is 34.9 Å². The van der Waals surface area contributed by atoms with Crippen molar-refractivity contribution < 1.29 is 0 Å². The van der Waals surface area contributed by atoms with Crippen LogP contribution in [-0.4, -0.2) is 9.36 Å². The summed E-state index contributed by atoms with van der Waals surface area (Å²) in [6.45, 7) is 0.595. The van der Waals surface area contributed by atoms with Gasteiger partial charge in [0.1, 0.15) is 6.33 Å². The highest BCUT2D eigenvalue weighted by atomic mass is 32.2. The predicted octanol–water partition coefficient (Wildman–Crippen LogP) is 2.29. The molecule has 0 saturated heterocycles. The number of benzene rings is 1. The molecule has 0 bridgehead atoms. The van der Waals surface area contributed by atoms with E-state index in [9.17, 15) is 0 Å². The fourth-order valence-electron chi connectivity index (χ4n) is 1.22. The van der Waals surface area contributed by atoms with E-state index in [1.54, 1.807) is 18.1 Å². The molecule has 0 atom stereocenters. The average molecular weight is 237 g/mol. The minimum Gasteiger partial charge on any atom is -0.326 e. The molecule has 0 radical (unpaired) electrons. The van der Waals surface area contributed by atoms with E-state index < -0.39 is 0 Å². The Morgan fingerprint density at radius 2 is 2.20 bits per heavy atom. The molecule has 0 aliphatic carbocycles. The molecule has 0 amide bonds. The Balaban J connectivity index is 1.98. The second-order valence-electron chi connectivity index (χ2n) is 3.02. The zero-order chi connectivity index (χ0) is 10.5. The molecule has 3 nitrogen and oxygen atoms in total. The Morgan fingerprint density at radius 1 is 1.33 bits per heavy atom. The second kappa shape index (κ2) is 5.25. The van der Waals surface area contributed by atoms with Crippen LogP contribution >= 0.6 is 23.3 Å². The highest BCUT2D eigenvalue weighted by Crippen LogP contribution is 2.23. The first-order valence-corrected chi connectivity index (χ1v) is 6.32. The number of rotatable bonds is 4. The molecule has 1 aromatic carbocycles. The molecule has 2 rings (SSSR count). The summed E-state index contributed by atoms with van der Waals surface area (Å²) in [6.07, 6.45) is 1.59. The van der Waals surface area contributed by atoms with Crippen LogP contribution in [0.2, 0.25) is 0 Å². The number of hydrogen-bond acceptors (Lipinski definition) is 5. The van der Waals surface area contributed by atoms with Gasteiger partial charge in [0.25, 0.3) is 0 Å². The maximum Gasteiger partial charge on any atom is 0.170 e. The van der Waals surface area contributed by atoms with Gasteiger partial charge in [0.05, 0.1) is 0 Å². The van der Waals surface area contributed by atoms with Crippen molar-refractivity contribution in [3.05, 3.63) is 41.7 Å². The third kappa shape index (κ3) is 3.02. The number of thioether (sulfide) groups is 1. The lowest BCUT2D eigenvalue weighted by Crippen LogP contribution is -1.96. The molecule has 0 saturated carbocycles. The molecule has 0 aliphatic heterocycles. The number of aromatic nitrogens is 2. The zero-order valence-electron chi connectivity index (χ0n) is 8.09. The molecule has 1 aromatic heterocycles. The highest BCUT2D eigenvalue weighted by Gasteiger charge is 1.99. The van der Waals surface area contributed by atoms with Gasteiger partial charge >= 0.3 is 0 Å². The van der Waals surface area contributed by atoms with Crippen LogP contribution in [0, 0.1) is 0 Å². The van der Waals surface area contributed by atoms with Gasteiger partial charge in [-0.2, -0.15) is 4.37 Å². The smallest absolute Gasteiger partial charge is 0.170 e. The molecule has 2 aromatic rings. The number of hydrogen-bond donors (Lipinski definition) is 1.